The van der Waals surface area contributed by atoms with Gasteiger partial charge in [0.05, 0.1) is 5.69 Å². The lowest BCUT2D eigenvalue weighted by atomic mass is 9.85. The van der Waals surface area contributed by atoms with Gasteiger partial charge in [-0.05, 0) is 127 Å². The number of allylic oxidation sites excluding steroid dienone is 17. The average molecular weight is 737 g/mol. The summed E-state index contributed by atoms with van der Waals surface area (Å²) in [6, 6.07) is 50.2. The van der Waals surface area contributed by atoms with Gasteiger partial charge in [-0.3, -0.25) is 0 Å². The van der Waals surface area contributed by atoms with E-state index in [0.29, 0.717) is 0 Å². The Kier molecular flexibility index (Phi) is 10.8. The van der Waals surface area contributed by atoms with Gasteiger partial charge in [-0.1, -0.05) is 158 Å². The van der Waals surface area contributed by atoms with Crippen molar-refractivity contribution in [2.24, 2.45) is 5.92 Å². The Morgan fingerprint density at radius 3 is 1.84 bits per heavy atom. The Labute approximate surface area is 338 Å². The molecule has 5 aromatic rings. The van der Waals surface area contributed by atoms with Crippen LogP contribution in [0, 0.1) is 5.92 Å². The van der Waals surface area contributed by atoms with Gasteiger partial charge in [0.1, 0.15) is 0 Å². The van der Waals surface area contributed by atoms with Crippen LogP contribution in [0.3, 0.4) is 0 Å². The van der Waals surface area contributed by atoms with Crippen LogP contribution in [0.25, 0.3) is 16.7 Å². The van der Waals surface area contributed by atoms with E-state index in [2.05, 4.69) is 222 Å². The number of benzene rings is 5. The van der Waals surface area contributed by atoms with Crippen LogP contribution in [0.2, 0.25) is 0 Å². The third-order valence-electron chi connectivity index (χ3n) is 11.4. The lowest BCUT2D eigenvalue weighted by Crippen LogP contribution is -2.25. The SMILES string of the molecule is C1=CCCC(C2=CC=C(N(C3=C(C4C=C(c5ccccc5N(c5ccccc5)c5ccc(-c6ccccc6)cc5)C=CC4)C=CCC=C3)c3ccccc3)CC2)=C1. The zero-order valence-electron chi connectivity index (χ0n) is 32.4. The van der Waals surface area contributed by atoms with E-state index in [-0.39, 0.29) is 5.92 Å². The average Bonchev–Trinajstić information content (AvgIpc) is 3.55. The van der Waals surface area contributed by atoms with Crippen LogP contribution in [-0.4, -0.2) is 0 Å². The zero-order chi connectivity index (χ0) is 38.2. The van der Waals surface area contributed by atoms with Gasteiger partial charge < -0.3 is 9.80 Å². The highest BCUT2D eigenvalue weighted by Gasteiger charge is 2.26. The van der Waals surface area contributed by atoms with Crippen molar-refractivity contribution in [2.45, 2.75) is 38.5 Å². The van der Waals surface area contributed by atoms with Crippen molar-refractivity contribution in [3.8, 4) is 11.1 Å². The Morgan fingerprint density at radius 1 is 0.474 bits per heavy atom. The summed E-state index contributed by atoms with van der Waals surface area (Å²) in [5, 5.41) is 0. The highest BCUT2D eigenvalue weighted by atomic mass is 15.2. The Morgan fingerprint density at radius 2 is 1.12 bits per heavy atom. The molecule has 0 N–H and O–H groups in total. The van der Waals surface area contributed by atoms with Crippen molar-refractivity contribution in [2.75, 3.05) is 9.80 Å². The summed E-state index contributed by atoms with van der Waals surface area (Å²) >= 11 is 0. The molecule has 0 fully saturated rings. The maximum absolute atomic E-state index is 2.53. The molecule has 1 unspecified atom stereocenters. The minimum Gasteiger partial charge on any atom is -0.314 e. The van der Waals surface area contributed by atoms with Gasteiger partial charge in [0, 0.05) is 39.9 Å². The highest BCUT2D eigenvalue weighted by molar-refractivity contribution is 5.90. The molecule has 0 saturated carbocycles. The minimum absolute atomic E-state index is 0.197. The third-order valence-corrected chi connectivity index (χ3v) is 11.4. The molecule has 57 heavy (non-hydrogen) atoms. The number of rotatable bonds is 10. The lowest BCUT2D eigenvalue weighted by molar-refractivity contribution is 0.771. The predicted octanol–water partition coefficient (Wildman–Crippen LogP) is 14.9. The fourth-order valence-electron chi connectivity index (χ4n) is 8.57. The topological polar surface area (TPSA) is 6.48 Å². The Balaban J connectivity index is 1.12. The second-order valence-electron chi connectivity index (χ2n) is 15.0. The molecule has 4 aliphatic carbocycles. The van der Waals surface area contributed by atoms with Gasteiger partial charge in [-0.25, -0.2) is 0 Å². The second kappa shape index (κ2) is 17.0. The van der Waals surface area contributed by atoms with E-state index in [1.165, 1.54) is 56.1 Å². The van der Waals surface area contributed by atoms with Crippen LogP contribution in [0.4, 0.5) is 22.7 Å². The maximum atomic E-state index is 2.53. The van der Waals surface area contributed by atoms with E-state index in [4.69, 9.17) is 0 Å². The molecule has 0 heterocycles. The van der Waals surface area contributed by atoms with E-state index in [1.54, 1.807) is 0 Å². The standard InChI is InChI=1S/C55H48N2/c1-6-19-42(20-7-1)44-33-37-50(38-34-44)56(48-25-10-3-11-26-48)54-31-15-5-14-29-52(54)46-23-18-24-47(41-46)53-30-16-17-32-55(53)57(49-27-12-4-13-28-49)51-39-35-45(36-40-51)43-21-8-2-9-22-43/h1-4,6,8-19,21-22,24-33,35-37,39-41,46H,5,7,20,23,34,38H2. The summed E-state index contributed by atoms with van der Waals surface area (Å²) in [6.07, 6.45) is 34.3. The molecule has 0 aromatic heterocycles. The molecular formula is C55H48N2. The summed E-state index contributed by atoms with van der Waals surface area (Å²) < 4.78 is 0. The first kappa shape index (κ1) is 36.0. The minimum atomic E-state index is 0.197. The molecular weight excluding hydrogens is 689 g/mol. The Hall–Kier alpha value is -6.64. The number of anilines is 4. The quantitative estimate of drug-likeness (QED) is 0.141. The van der Waals surface area contributed by atoms with E-state index >= 15 is 0 Å². The van der Waals surface area contributed by atoms with Gasteiger partial charge in [0.15, 0.2) is 0 Å². The van der Waals surface area contributed by atoms with Crippen LogP contribution in [0.1, 0.15) is 44.1 Å². The van der Waals surface area contributed by atoms with Gasteiger partial charge in [-0.15, -0.1) is 0 Å². The van der Waals surface area contributed by atoms with Gasteiger partial charge in [0.25, 0.3) is 0 Å². The largest absolute Gasteiger partial charge is 0.314 e. The number of hydrogen-bond acceptors (Lipinski definition) is 2. The smallest absolute Gasteiger partial charge is 0.0539 e. The first-order valence-corrected chi connectivity index (χ1v) is 20.5. The normalized spacial score (nSPS) is 17.6. The maximum Gasteiger partial charge on any atom is 0.0539 e. The van der Waals surface area contributed by atoms with Crippen LogP contribution >= 0.6 is 0 Å². The van der Waals surface area contributed by atoms with E-state index in [1.807, 2.05) is 0 Å². The summed E-state index contributed by atoms with van der Waals surface area (Å²) in [7, 11) is 0. The van der Waals surface area contributed by atoms with Crippen molar-refractivity contribution < 1.29 is 0 Å². The first-order chi connectivity index (χ1) is 28.3. The molecule has 0 bridgehead atoms. The van der Waals surface area contributed by atoms with Gasteiger partial charge in [0.2, 0.25) is 0 Å². The molecule has 2 nitrogen and oxygen atoms in total. The van der Waals surface area contributed by atoms with Gasteiger partial charge in [-0.2, -0.15) is 0 Å². The van der Waals surface area contributed by atoms with Crippen LogP contribution in [0.15, 0.2) is 241 Å². The molecule has 1 atom stereocenters. The molecule has 0 amide bonds. The molecule has 2 heteroatoms. The van der Waals surface area contributed by atoms with E-state index < -0.39 is 0 Å². The van der Waals surface area contributed by atoms with Crippen LogP contribution in [-0.2, 0) is 0 Å². The molecule has 4 aliphatic rings. The fourth-order valence-corrected chi connectivity index (χ4v) is 8.57. The molecule has 0 spiro atoms. The molecule has 0 aliphatic heterocycles. The summed E-state index contributed by atoms with van der Waals surface area (Å²) in [4.78, 5) is 4.93. The van der Waals surface area contributed by atoms with E-state index in [0.717, 1.165) is 55.6 Å². The molecule has 0 saturated heterocycles. The highest BCUT2D eigenvalue weighted by Crippen LogP contribution is 2.43. The fraction of sp³-hybridized carbons (Fsp3) is 0.127. The first-order valence-electron chi connectivity index (χ1n) is 20.5. The predicted molar refractivity (Wildman–Crippen MR) is 242 cm³/mol. The molecule has 0 radical (unpaired) electrons. The van der Waals surface area contributed by atoms with Crippen molar-refractivity contribution in [3.05, 3.63) is 246 Å². The van der Waals surface area contributed by atoms with Gasteiger partial charge >= 0.3 is 0 Å². The van der Waals surface area contributed by atoms with Crippen LogP contribution in [0.5, 0.6) is 0 Å². The van der Waals surface area contributed by atoms with Crippen molar-refractivity contribution >= 4 is 28.3 Å². The van der Waals surface area contributed by atoms with Crippen LogP contribution < -0.4 is 9.80 Å². The molecule has 9 rings (SSSR count). The summed E-state index contributed by atoms with van der Waals surface area (Å²) in [5.41, 5.74) is 16.4. The zero-order valence-corrected chi connectivity index (χ0v) is 32.4. The Bertz CT molecular complexity index is 2490. The second-order valence-corrected chi connectivity index (χ2v) is 15.0. The summed E-state index contributed by atoms with van der Waals surface area (Å²) in [5.74, 6) is 0.197. The number of nitrogens with zero attached hydrogens (tertiary/aromatic N) is 2. The third kappa shape index (κ3) is 7.90. The summed E-state index contributed by atoms with van der Waals surface area (Å²) in [6.45, 7) is 0. The lowest BCUT2D eigenvalue weighted by Gasteiger charge is -2.34. The van der Waals surface area contributed by atoms with Crippen molar-refractivity contribution in [3.63, 3.8) is 0 Å². The molecule has 5 aromatic carbocycles. The molecule has 278 valence electrons. The number of para-hydroxylation sites is 3. The van der Waals surface area contributed by atoms with Crippen molar-refractivity contribution in [1.82, 2.24) is 0 Å². The monoisotopic (exact) mass is 736 g/mol. The van der Waals surface area contributed by atoms with E-state index in [9.17, 15) is 0 Å². The van der Waals surface area contributed by atoms with Crippen molar-refractivity contribution in [1.29, 1.82) is 0 Å². The number of hydrogen-bond donors (Lipinski definition) is 0.